The topological polar surface area (TPSA) is 46.9 Å². The van der Waals surface area contributed by atoms with Crippen LogP contribution in [0.15, 0.2) is 60.8 Å². The first-order chi connectivity index (χ1) is 13.7. The van der Waals surface area contributed by atoms with Crippen molar-refractivity contribution in [1.82, 2.24) is 15.1 Å². The molecule has 1 N–H and O–H groups in total. The maximum atomic E-state index is 12.2. The highest BCUT2D eigenvalue weighted by Gasteiger charge is 2.32. The summed E-state index contributed by atoms with van der Waals surface area (Å²) in [6.07, 6.45) is 4.61. The van der Waals surface area contributed by atoms with Crippen molar-refractivity contribution in [1.29, 1.82) is 0 Å². The molecule has 0 aliphatic heterocycles. The summed E-state index contributed by atoms with van der Waals surface area (Å²) in [7, 11) is 0. The number of rotatable bonds is 5. The van der Waals surface area contributed by atoms with Crippen LogP contribution in [-0.2, 0) is 4.79 Å². The maximum absolute atomic E-state index is 12.2. The van der Waals surface area contributed by atoms with E-state index in [4.69, 9.17) is 11.6 Å². The number of aromatic nitrogens is 2. The molecule has 4 nitrogen and oxygen atoms in total. The number of carbonyl (C=O) groups excluding carboxylic acids is 1. The molecule has 1 amide bonds. The Morgan fingerprint density at radius 3 is 2.36 bits per heavy atom. The Hall–Kier alpha value is -2.59. The van der Waals surface area contributed by atoms with Gasteiger partial charge >= 0.3 is 0 Å². The molecular formula is C23H24ClN3O. The summed E-state index contributed by atoms with van der Waals surface area (Å²) in [5, 5.41) is 8.27. The Labute approximate surface area is 170 Å². The lowest BCUT2D eigenvalue weighted by atomic mass is 10.0. The first-order valence-electron chi connectivity index (χ1n) is 9.83. The van der Waals surface area contributed by atoms with Crippen LogP contribution in [0.4, 0.5) is 0 Å². The molecule has 1 fully saturated rings. The highest BCUT2D eigenvalue weighted by Crippen LogP contribution is 2.37. The second-order valence-corrected chi connectivity index (χ2v) is 7.74. The van der Waals surface area contributed by atoms with Gasteiger partial charge in [0.1, 0.15) is 0 Å². The van der Waals surface area contributed by atoms with Crippen LogP contribution in [0.2, 0.25) is 5.02 Å². The predicted molar refractivity (Wildman–Crippen MR) is 113 cm³/mol. The van der Waals surface area contributed by atoms with Crippen molar-refractivity contribution in [3.05, 3.63) is 65.8 Å². The fraction of sp³-hybridized carbons (Fsp3) is 0.304. The standard InChI is InChI=1S/C23H24ClN3O/c1-2-25-23(28)19-9-12-21(15-19)27-22(13-14-26-27)18-5-3-16(4-6-18)17-7-10-20(24)11-8-17/h3-8,10-11,13-14,19,21H,2,9,12,15H2,1H3,(H,25,28). The van der Waals surface area contributed by atoms with Crippen molar-refractivity contribution in [2.45, 2.75) is 32.2 Å². The van der Waals surface area contributed by atoms with Gasteiger partial charge in [-0.2, -0.15) is 5.10 Å². The SMILES string of the molecule is CCNC(=O)C1CCC(n2nccc2-c2ccc(-c3ccc(Cl)cc3)cc2)C1. The molecule has 28 heavy (non-hydrogen) atoms. The van der Waals surface area contributed by atoms with E-state index in [9.17, 15) is 4.79 Å². The lowest BCUT2D eigenvalue weighted by molar-refractivity contribution is -0.124. The van der Waals surface area contributed by atoms with Crippen LogP contribution in [0.3, 0.4) is 0 Å². The monoisotopic (exact) mass is 393 g/mol. The lowest BCUT2D eigenvalue weighted by Gasteiger charge is -2.16. The van der Waals surface area contributed by atoms with Gasteiger partial charge in [-0.05, 0) is 61.1 Å². The Morgan fingerprint density at radius 2 is 1.68 bits per heavy atom. The molecule has 5 heteroatoms. The van der Waals surface area contributed by atoms with E-state index in [2.05, 4.69) is 45.4 Å². The van der Waals surface area contributed by atoms with Gasteiger partial charge in [-0.25, -0.2) is 0 Å². The molecule has 1 aromatic heterocycles. The first kappa shape index (κ1) is 18.8. The molecule has 1 heterocycles. The highest BCUT2D eigenvalue weighted by molar-refractivity contribution is 6.30. The van der Waals surface area contributed by atoms with Crippen molar-refractivity contribution in [2.75, 3.05) is 6.54 Å². The van der Waals surface area contributed by atoms with Gasteiger partial charge in [0, 0.05) is 23.7 Å². The Bertz CT molecular complexity index is 947. The number of benzene rings is 2. The fourth-order valence-corrected chi connectivity index (χ4v) is 4.17. The van der Waals surface area contributed by atoms with Gasteiger partial charge in [0.15, 0.2) is 0 Å². The molecule has 2 atom stereocenters. The summed E-state index contributed by atoms with van der Waals surface area (Å²) >= 11 is 5.98. The predicted octanol–water partition coefficient (Wildman–Crippen LogP) is 5.35. The number of carbonyl (C=O) groups is 1. The fourth-order valence-electron chi connectivity index (χ4n) is 4.05. The molecular weight excluding hydrogens is 370 g/mol. The molecule has 0 saturated heterocycles. The zero-order valence-electron chi connectivity index (χ0n) is 15.9. The summed E-state index contributed by atoms with van der Waals surface area (Å²) in [6.45, 7) is 2.65. The van der Waals surface area contributed by atoms with Gasteiger partial charge in [0.25, 0.3) is 0 Å². The van der Waals surface area contributed by atoms with E-state index in [1.165, 1.54) is 0 Å². The first-order valence-corrected chi connectivity index (χ1v) is 10.2. The Kier molecular flexibility index (Phi) is 5.49. The molecule has 0 spiro atoms. The van der Waals surface area contributed by atoms with Crippen LogP contribution in [-0.4, -0.2) is 22.2 Å². The quantitative estimate of drug-likeness (QED) is 0.635. The minimum Gasteiger partial charge on any atom is -0.356 e. The Balaban J connectivity index is 1.53. The molecule has 2 aromatic carbocycles. The molecule has 1 aliphatic rings. The van der Waals surface area contributed by atoms with Gasteiger partial charge in [-0.3, -0.25) is 9.48 Å². The molecule has 0 bridgehead atoms. The van der Waals surface area contributed by atoms with Crippen molar-refractivity contribution < 1.29 is 4.79 Å². The molecule has 3 aromatic rings. The van der Waals surface area contributed by atoms with Crippen LogP contribution in [0.1, 0.15) is 32.2 Å². The van der Waals surface area contributed by atoms with Crippen LogP contribution in [0.5, 0.6) is 0 Å². The number of nitrogens with zero attached hydrogens (tertiary/aromatic N) is 2. The van der Waals surface area contributed by atoms with Crippen LogP contribution in [0.25, 0.3) is 22.4 Å². The minimum absolute atomic E-state index is 0.0919. The van der Waals surface area contributed by atoms with Crippen molar-refractivity contribution in [3.8, 4) is 22.4 Å². The molecule has 2 unspecified atom stereocenters. The second kappa shape index (κ2) is 8.19. The molecule has 4 rings (SSSR count). The third kappa shape index (κ3) is 3.83. The zero-order valence-corrected chi connectivity index (χ0v) is 16.7. The number of hydrogen-bond donors (Lipinski definition) is 1. The summed E-state index contributed by atoms with van der Waals surface area (Å²) in [4.78, 5) is 12.2. The van der Waals surface area contributed by atoms with Gasteiger partial charge in [-0.1, -0.05) is 48.0 Å². The van der Waals surface area contributed by atoms with E-state index < -0.39 is 0 Å². The molecule has 0 radical (unpaired) electrons. The molecule has 1 aliphatic carbocycles. The Morgan fingerprint density at radius 1 is 1.04 bits per heavy atom. The summed E-state index contributed by atoms with van der Waals surface area (Å²) < 4.78 is 2.09. The third-order valence-electron chi connectivity index (χ3n) is 5.50. The summed E-state index contributed by atoms with van der Waals surface area (Å²) in [5.74, 6) is 0.264. The van der Waals surface area contributed by atoms with E-state index in [1.54, 1.807) is 0 Å². The normalized spacial score (nSPS) is 18.9. The number of amides is 1. The van der Waals surface area contributed by atoms with Crippen LogP contribution in [0, 0.1) is 5.92 Å². The molecule has 1 saturated carbocycles. The number of hydrogen-bond acceptors (Lipinski definition) is 2. The van der Waals surface area contributed by atoms with Gasteiger partial charge < -0.3 is 5.32 Å². The van der Waals surface area contributed by atoms with Crippen LogP contribution >= 0.6 is 11.6 Å². The van der Waals surface area contributed by atoms with E-state index in [1.807, 2.05) is 37.4 Å². The van der Waals surface area contributed by atoms with Gasteiger partial charge in [-0.15, -0.1) is 0 Å². The van der Waals surface area contributed by atoms with Gasteiger partial charge in [0.05, 0.1) is 11.7 Å². The summed E-state index contributed by atoms with van der Waals surface area (Å²) in [6, 6.07) is 18.7. The highest BCUT2D eigenvalue weighted by atomic mass is 35.5. The van der Waals surface area contributed by atoms with Gasteiger partial charge in [0.2, 0.25) is 5.91 Å². The lowest BCUT2D eigenvalue weighted by Crippen LogP contribution is -2.29. The van der Waals surface area contributed by atoms with E-state index in [0.29, 0.717) is 6.54 Å². The van der Waals surface area contributed by atoms with Crippen LogP contribution < -0.4 is 5.32 Å². The van der Waals surface area contributed by atoms with Crippen molar-refractivity contribution in [3.63, 3.8) is 0 Å². The largest absolute Gasteiger partial charge is 0.356 e. The number of halogens is 1. The van der Waals surface area contributed by atoms with Crippen molar-refractivity contribution >= 4 is 17.5 Å². The van der Waals surface area contributed by atoms with E-state index in [0.717, 1.165) is 46.7 Å². The van der Waals surface area contributed by atoms with Crippen molar-refractivity contribution in [2.24, 2.45) is 5.92 Å². The number of nitrogens with one attached hydrogen (secondary N) is 1. The maximum Gasteiger partial charge on any atom is 0.223 e. The van der Waals surface area contributed by atoms with E-state index in [-0.39, 0.29) is 17.9 Å². The third-order valence-corrected chi connectivity index (χ3v) is 5.75. The zero-order chi connectivity index (χ0) is 19.5. The molecule has 144 valence electrons. The second-order valence-electron chi connectivity index (χ2n) is 7.30. The smallest absolute Gasteiger partial charge is 0.223 e. The average Bonchev–Trinajstić information content (AvgIpc) is 3.38. The van der Waals surface area contributed by atoms with E-state index >= 15 is 0 Å². The summed E-state index contributed by atoms with van der Waals surface area (Å²) in [5.41, 5.74) is 4.54. The average molecular weight is 394 g/mol. The minimum atomic E-state index is 0.0919.